The van der Waals surface area contributed by atoms with E-state index in [2.05, 4.69) is 27.0 Å². The number of nitrogens with zero attached hydrogens (tertiary/aromatic N) is 1. The summed E-state index contributed by atoms with van der Waals surface area (Å²) in [5.41, 5.74) is 1.77. The Labute approximate surface area is 126 Å². The van der Waals surface area contributed by atoms with Crippen molar-refractivity contribution in [3.05, 3.63) is 63.2 Å². The number of rotatable bonds is 3. The van der Waals surface area contributed by atoms with Crippen LogP contribution in [-0.2, 0) is 10.0 Å². The van der Waals surface area contributed by atoms with Crippen LogP contribution in [0.3, 0.4) is 0 Å². The lowest BCUT2D eigenvalue weighted by molar-refractivity contribution is 0.598. The summed E-state index contributed by atoms with van der Waals surface area (Å²) in [6, 6.07) is 14.1. The molecule has 0 heterocycles. The van der Waals surface area contributed by atoms with E-state index in [1.165, 1.54) is 6.21 Å². The molecule has 98 valence electrons. The van der Waals surface area contributed by atoms with Crippen LogP contribution in [0.2, 0.25) is 0 Å². The number of sulfonamides is 1. The van der Waals surface area contributed by atoms with Gasteiger partial charge >= 0.3 is 0 Å². The zero-order chi connectivity index (χ0) is 13.9. The summed E-state index contributed by atoms with van der Waals surface area (Å²) < 4.78 is 28.8. The van der Waals surface area contributed by atoms with Gasteiger partial charge in [0.25, 0.3) is 10.0 Å². The fourth-order valence-electron chi connectivity index (χ4n) is 1.45. The molecule has 0 aromatic heterocycles. The Bertz CT molecular complexity index is 689. The van der Waals surface area contributed by atoms with Gasteiger partial charge in [-0.3, -0.25) is 0 Å². The molecule has 0 aliphatic heterocycles. The SMILES string of the molecule is Cc1ccc(S(=O)(=O)N=Cc2ccc(I)cc2)cc1. The molecule has 0 amide bonds. The molecule has 0 radical (unpaired) electrons. The van der Waals surface area contributed by atoms with Crippen molar-refractivity contribution < 1.29 is 8.42 Å². The van der Waals surface area contributed by atoms with Crippen LogP contribution >= 0.6 is 22.6 Å². The van der Waals surface area contributed by atoms with Gasteiger partial charge in [0, 0.05) is 9.78 Å². The quantitative estimate of drug-likeness (QED) is 0.601. The molecule has 0 saturated carbocycles. The van der Waals surface area contributed by atoms with E-state index in [0.29, 0.717) is 0 Å². The van der Waals surface area contributed by atoms with E-state index in [1.54, 1.807) is 24.3 Å². The van der Waals surface area contributed by atoms with Crippen LogP contribution in [0.15, 0.2) is 57.8 Å². The van der Waals surface area contributed by atoms with Gasteiger partial charge in [0.1, 0.15) is 0 Å². The molecule has 19 heavy (non-hydrogen) atoms. The Balaban J connectivity index is 2.26. The Kier molecular flexibility index (Phi) is 4.36. The van der Waals surface area contributed by atoms with Gasteiger partial charge < -0.3 is 0 Å². The smallest absolute Gasteiger partial charge is 0.199 e. The number of halogens is 1. The first kappa shape index (κ1) is 14.2. The summed E-state index contributed by atoms with van der Waals surface area (Å²) in [7, 11) is -3.62. The molecule has 2 rings (SSSR count). The molecule has 0 unspecified atom stereocenters. The first-order valence-corrected chi connectivity index (χ1v) is 8.12. The first-order valence-electron chi connectivity index (χ1n) is 5.60. The molecular weight excluding hydrogens is 373 g/mol. The van der Waals surface area contributed by atoms with Crippen molar-refractivity contribution in [3.63, 3.8) is 0 Å². The van der Waals surface area contributed by atoms with Gasteiger partial charge in [0.05, 0.1) is 4.90 Å². The van der Waals surface area contributed by atoms with Gasteiger partial charge in [0.15, 0.2) is 0 Å². The topological polar surface area (TPSA) is 46.5 Å². The van der Waals surface area contributed by atoms with Crippen molar-refractivity contribution in [1.29, 1.82) is 0 Å². The molecule has 0 aliphatic carbocycles. The van der Waals surface area contributed by atoms with Crippen LogP contribution in [0, 0.1) is 10.5 Å². The van der Waals surface area contributed by atoms with Crippen molar-refractivity contribution in [2.24, 2.45) is 4.40 Å². The van der Waals surface area contributed by atoms with Gasteiger partial charge in [-0.25, -0.2) is 0 Å². The summed E-state index contributed by atoms with van der Waals surface area (Å²) in [6.07, 6.45) is 1.37. The first-order chi connectivity index (χ1) is 8.97. The molecule has 5 heteroatoms. The maximum Gasteiger partial charge on any atom is 0.282 e. The second-order valence-electron chi connectivity index (χ2n) is 4.07. The van der Waals surface area contributed by atoms with E-state index in [9.17, 15) is 8.42 Å². The predicted octanol–water partition coefficient (Wildman–Crippen LogP) is 3.41. The van der Waals surface area contributed by atoms with Crippen LogP contribution in [0.4, 0.5) is 0 Å². The maximum absolute atomic E-state index is 12.0. The highest BCUT2D eigenvalue weighted by atomic mass is 127. The third-order valence-electron chi connectivity index (χ3n) is 2.53. The second kappa shape index (κ2) is 5.83. The Hall–Kier alpha value is -1.21. The maximum atomic E-state index is 12.0. The van der Waals surface area contributed by atoms with Gasteiger partial charge in [-0.05, 0) is 59.3 Å². The van der Waals surface area contributed by atoms with Crippen molar-refractivity contribution in [2.75, 3.05) is 0 Å². The van der Waals surface area contributed by atoms with Crippen LogP contribution in [0.25, 0.3) is 0 Å². The lowest BCUT2D eigenvalue weighted by Crippen LogP contribution is -1.97. The van der Waals surface area contributed by atoms with Crippen molar-refractivity contribution in [2.45, 2.75) is 11.8 Å². The zero-order valence-corrected chi connectivity index (χ0v) is 13.2. The minimum atomic E-state index is -3.62. The molecule has 0 fully saturated rings. The van der Waals surface area contributed by atoms with Gasteiger partial charge in [-0.1, -0.05) is 29.8 Å². The van der Waals surface area contributed by atoms with Crippen molar-refractivity contribution >= 4 is 38.8 Å². The summed E-state index contributed by atoms with van der Waals surface area (Å²) in [5.74, 6) is 0. The normalized spacial score (nSPS) is 11.9. The highest BCUT2D eigenvalue weighted by molar-refractivity contribution is 14.1. The number of aryl methyl sites for hydroxylation is 1. The molecule has 0 atom stereocenters. The van der Waals surface area contributed by atoms with Crippen LogP contribution in [0.1, 0.15) is 11.1 Å². The van der Waals surface area contributed by atoms with Crippen LogP contribution in [0.5, 0.6) is 0 Å². The molecule has 3 nitrogen and oxygen atoms in total. The Morgan fingerprint density at radius 2 is 1.58 bits per heavy atom. The molecule has 0 N–H and O–H groups in total. The summed E-state index contributed by atoms with van der Waals surface area (Å²) >= 11 is 2.19. The summed E-state index contributed by atoms with van der Waals surface area (Å²) in [6.45, 7) is 1.91. The van der Waals surface area contributed by atoms with E-state index in [1.807, 2.05) is 31.2 Å². The lowest BCUT2D eigenvalue weighted by atomic mass is 10.2. The number of hydrogen-bond donors (Lipinski definition) is 0. The van der Waals surface area contributed by atoms with Crippen LogP contribution < -0.4 is 0 Å². The number of hydrogen-bond acceptors (Lipinski definition) is 2. The van der Waals surface area contributed by atoms with Crippen molar-refractivity contribution in [1.82, 2.24) is 0 Å². The lowest BCUT2D eigenvalue weighted by Gasteiger charge is -1.99. The van der Waals surface area contributed by atoms with Gasteiger partial charge in [-0.2, -0.15) is 12.8 Å². The zero-order valence-electron chi connectivity index (χ0n) is 10.2. The minimum absolute atomic E-state index is 0.208. The average Bonchev–Trinajstić information content (AvgIpc) is 2.39. The number of benzene rings is 2. The van der Waals surface area contributed by atoms with E-state index in [0.717, 1.165) is 14.7 Å². The van der Waals surface area contributed by atoms with E-state index in [-0.39, 0.29) is 4.90 Å². The third kappa shape index (κ3) is 3.87. The molecule has 2 aromatic carbocycles. The second-order valence-corrected chi connectivity index (χ2v) is 6.95. The third-order valence-corrected chi connectivity index (χ3v) is 4.50. The van der Waals surface area contributed by atoms with Gasteiger partial charge in [-0.15, -0.1) is 0 Å². The highest BCUT2D eigenvalue weighted by Gasteiger charge is 2.10. The molecule has 2 aromatic rings. The van der Waals surface area contributed by atoms with Crippen molar-refractivity contribution in [3.8, 4) is 0 Å². The standard InChI is InChI=1S/C14H12INO2S/c1-11-2-8-14(9-3-11)19(17,18)16-10-12-4-6-13(15)7-5-12/h2-10H,1H3. The fourth-order valence-corrected chi connectivity index (χ4v) is 2.67. The monoisotopic (exact) mass is 385 g/mol. The van der Waals surface area contributed by atoms with E-state index in [4.69, 9.17) is 0 Å². The molecular formula is C14H12INO2S. The van der Waals surface area contributed by atoms with E-state index >= 15 is 0 Å². The average molecular weight is 385 g/mol. The fraction of sp³-hybridized carbons (Fsp3) is 0.0714. The molecule has 0 aliphatic rings. The van der Waals surface area contributed by atoms with Gasteiger partial charge in [0.2, 0.25) is 0 Å². The molecule has 0 bridgehead atoms. The minimum Gasteiger partial charge on any atom is -0.199 e. The van der Waals surface area contributed by atoms with E-state index < -0.39 is 10.0 Å². The van der Waals surface area contributed by atoms with Crippen LogP contribution in [-0.4, -0.2) is 14.6 Å². The highest BCUT2D eigenvalue weighted by Crippen LogP contribution is 2.13. The summed E-state index contributed by atoms with van der Waals surface area (Å²) in [5, 5.41) is 0. The largest absolute Gasteiger partial charge is 0.282 e. The molecule has 0 saturated heterocycles. The molecule has 0 spiro atoms. The predicted molar refractivity (Wildman–Crippen MR) is 85.1 cm³/mol. The Morgan fingerprint density at radius 1 is 1.00 bits per heavy atom. The Morgan fingerprint density at radius 3 is 2.16 bits per heavy atom. The summed E-state index contributed by atoms with van der Waals surface area (Å²) in [4.78, 5) is 0.208.